The van der Waals surface area contributed by atoms with Gasteiger partial charge in [0.2, 0.25) is 5.91 Å². The van der Waals surface area contributed by atoms with Crippen LogP contribution in [-0.4, -0.2) is 36.3 Å². The normalized spacial score (nSPS) is 19.4. The number of halogens is 2. The smallest absolute Gasteiger partial charge is 0.251 e. The standard InChI is InChI=1S/C13H14Br2N2O2/c1-17-7-11(2-3-12(17)18)16-13(19)8-4-9(14)6-10(15)5-8/h4-6,11H,2-3,7H2,1H3,(H,16,19). The monoisotopic (exact) mass is 388 g/mol. The Morgan fingerprint density at radius 3 is 2.53 bits per heavy atom. The zero-order valence-electron chi connectivity index (χ0n) is 10.5. The molecule has 1 aliphatic rings. The molecule has 4 nitrogen and oxygen atoms in total. The van der Waals surface area contributed by atoms with E-state index in [0.717, 1.165) is 8.95 Å². The Hall–Kier alpha value is -0.880. The van der Waals surface area contributed by atoms with Crippen molar-refractivity contribution in [2.75, 3.05) is 13.6 Å². The lowest BCUT2D eigenvalue weighted by molar-refractivity contribution is -0.132. The Kier molecular flexibility index (Phi) is 4.62. The first-order valence-electron chi connectivity index (χ1n) is 5.96. The van der Waals surface area contributed by atoms with Crippen LogP contribution in [0.4, 0.5) is 0 Å². The minimum absolute atomic E-state index is 0.0213. The fourth-order valence-corrected chi connectivity index (χ4v) is 3.38. The number of hydrogen-bond donors (Lipinski definition) is 1. The van der Waals surface area contributed by atoms with Crippen molar-refractivity contribution in [1.29, 1.82) is 0 Å². The van der Waals surface area contributed by atoms with Gasteiger partial charge in [-0.15, -0.1) is 0 Å². The number of likely N-dealkylation sites (tertiary alicyclic amines) is 1. The van der Waals surface area contributed by atoms with Gasteiger partial charge in [-0.3, -0.25) is 9.59 Å². The fourth-order valence-electron chi connectivity index (χ4n) is 2.08. The average molecular weight is 390 g/mol. The van der Waals surface area contributed by atoms with E-state index in [1.165, 1.54) is 0 Å². The molecule has 2 rings (SSSR count). The van der Waals surface area contributed by atoms with Crippen molar-refractivity contribution in [2.45, 2.75) is 18.9 Å². The molecule has 0 radical (unpaired) electrons. The number of carbonyl (C=O) groups excluding carboxylic acids is 2. The van der Waals surface area contributed by atoms with Gasteiger partial charge in [0.15, 0.2) is 0 Å². The molecule has 1 atom stereocenters. The van der Waals surface area contributed by atoms with Gasteiger partial charge >= 0.3 is 0 Å². The Labute approximate surface area is 128 Å². The predicted molar refractivity (Wildman–Crippen MR) is 80.0 cm³/mol. The van der Waals surface area contributed by atoms with E-state index in [9.17, 15) is 9.59 Å². The molecule has 2 amide bonds. The molecule has 102 valence electrons. The highest BCUT2D eigenvalue weighted by atomic mass is 79.9. The molecule has 1 heterocycles. The Morgan fingerprint density at radius 1 is 1.32 bits per heavy atom. The van der Waals surface area contributed by atoms with Crippen LogP contribution in [0.5, 0.6) is 0 Å². The molecular weight excluding hydrogens is 376 g/mol. The molecule has 1 unspecified atom stereocenters. The Morgan fingerprint density at radius 2 is 1.95 bits per heavy atom. The van der Waals surface area contributed by atoms with Crippen LogP contribution >= 0.6 is 31.9 Å². The largest absolute Gasteiger partial charge is 0.348 e. The number of nitrogens with zero attached hydrogens (tertiary/aromatic N) is 1. The molecule has 6 heteroatoms. The van der Waals surface area contributed by atoms with Crippen LogP contribution in [0.3, 0.4) is 0 Å². The number of rotatable bonds is 2. The van der Waals surface area contributed by atoms with Crippen LogP contribution in [0.2, 0.25) is 0 Å². The quantitative estimate of drug-likeness (QED) is 0.844. The van der Waals surface area contributed by atoms with Crippen LogP contribution in [0.1, 0.15) is 23.2 Å². The predicted octanol–water partition coefficient (Wildman–Crippen LogP) is 2.56. The number of piperidine rings is 1. The number of hydrogen-bond acceptors (Lipinski definition) is 2. The van der Waals surface area contributed by atoms with Crippen molar-refractivity contribution in [1.82, 2.24) is 10.2 Å². The van der Waals surface area contributed by atoms with Gasteiger partial charge in [-0.05, 0) is 24.6 Å². The molecule has 19 heavy (non-hydrogen) atoms. The molecule has 0 aliphatic carbocycles. The van der Waals surface area contributed by atoms with Crippen molar-refractivity contribution in [3.05, 3.63) is 32.7 Å². The summed E-state index contributed by atoms with van der Waals surface area (Å²) >= 11 is 6.72. The molecule has 0 bridgehead atoms. The van der Waals surface area contributed by atoms with Crippen LogP contribution in [0.25, 0.3) is 0 Å². The number of likely N-dealkylation sites (N-methyl/N-ethyl adjacent to an activating group) is 1. The van der Waals surface area contributed by atoms with Crippen molar-refractivity contribution in [2.24, 2.45) is 0 Å². The van der Waals surface area contributed by atoms with Gasteiger partial charge in [-0.2, -0.15) is 0 Å². The minimum Gasteiger partial charge on any atom is -0.348 e. The maximum atomic E-state index is 12.1. The topological polar surface area (TPSA) is 49.4 Å². The lowest BCUT2D eigenvalue weighted by Gasteiger charge is -2.30. The van der Waals surface area contributed by atoms with E-state index in [-0.39, 0.29) is 17.9 Å². The summed E-state index contributed by atoms with van der Waals surface area (Å²) in [6.45, 7) is 0.569. The van der Waals surface area contributed by atoms with Gasteiger partial charge in [0.1, 0.15) is 0 Å². The van der Waals surface area contributed by atoms with Gasteiger partial charge in [-0.1, -0.05) is 31.9 Å². The molecule has 0 saturated carbocycles. The second kappa shape index (κ2) is 6.05. The third-order valence-corrected chi connectivity index (χ3v) is 4.00. The minimum atomic E-state index is -0.116. The first-order chi connectivity index (χ1) is 8.95. The highest BCUT2D eigenvalue weighted by molar-refractivity contribution is 9.11. The summed E-state index contributed by atoms with van der Waals surface area (Å²) in [6.07, 6.45) is 1.19. The van der Waals surface area contributed by atoms with E-state index in [1.54, 1.807) is 24.1 Å². The van der Waals surface area contributed by atoms with Crippen LogP contribution in [-0.2, 0) is 4.79 Å². The van der Waals surface area contributed by atoms with Gasteiger partial charge in [0, 0.05) is 40.6 Å². The lowest BCUT2D eigenvalue weighted by Crippen LogP contribution is -2.48. The second-order valence-electron chi connectivity index (χ2n) is 4.64. The molecule has 1 fully saturated rings. The van der Waals surface area contributed by atoms with Crippen LogP contribution < -0.4 is 5.32 Å². The second-order valence-corrected chi connectivity index (χ2v) is 6.47. The maximum absolute atomic E-state index is 12.1. The number of nitrogens with one attached hydrogen (secondary N) is 1. The van der Waals surface area contributed by atoms with E-state index >= 15 is 0 Å². The Bertz CT molecular complexity index is 499. The third-order valence-electron chi connectivity index (χ3n) is 3.09. The van der Waals surface area contributed by atoms with Crippen LogP contribution in [0, 0.1) is 0 Å². The molecular formula is C13H14Br2N2O2. The van der Waals surface area contributed by atoms with Gasteiger partial charge in [0.05, 0.1) is 0 Å². The molecule has 1 N–H and O–H groups in total. The van der Waals surface area contributed by atoms with Crippen molar-refractivity contribution in [3.8, 4) is 0 Å². The summed E-state index contributed by atoms with van der Waals surface area (Å²) < 4.78 is 1.70. The van der Waals surface area contributed by atoms with Crippen LogP contribution in [0.15, 0.2) is 27.1 Å². The lowest BCUT2D eigenvalue weighted by atomic mass is 10.1. The van der Waals surface area contributed by atoms with Gasteiger partial charge in [0.25, 0.3) is 5.91 Å². The number of benzene rings is 1. The molecule has 1 aliphatic heterocycles. The number of carbonyl (C=O) groups is 2. The summed E-state index contributed by atoms with van der Waals surface area (Å²) in [4.78, 5) is 25.2. The fraction of sp³-hybridized carbons (Fsp3) is 0.385. The average Bonchev–Trinajstić information content (AvgIpc) is 2.32. The van der Waals surface area contributed by atoms with Gasteiger partial charge < -0.3 is 10.2 Å². The summed E-state index contributed by atoms with van der Waals surface area (Å²) in [5, 5.41) is 2.97. The van der Waals surface area contributed by atoms with E-state index in [0.29, 0.717) is 24.9 Å². The summed E-state index contributed by atoms with van der Waals surface area (Å²) in [5.74, 6) is 0.0189. The van der Waals surface area contributed by atoms with E-state index in [4.69, 9.17) is 0 Å². The van der Waals surface area contributed by atoms with E-state index in [2.05, 4.69) is 37.2 Å². The zero-order valence-corrected chi connectivity index (χ0v) is 13.6. The SMILES string of the molecule is CN1CC(NC(=O)c2cc(Br)cc(Br)c2)CCC1=O. The third kappa shape index (κ3) is 3.79. The molecule has 1 aromatic rings. The van der Waals surface area contributed by atoms with Crippen molar-refractivity contribution in [3.63, 3.8) is 0 Å². The summed E-state index contributed by atoms with van der Waals surface area (Å²) in [7, 11) is 1.76. The van der Waals surface area contributed by atoms with Crippen molar-refractivity contribution < 1.29 is 9.59 Å². The molecule has 1 saturated heterocycles. The van der Waals surface area contributed by atoms with Crippen molar-refractivity contribution >= 4 is 43.7 Å². The first-order valence-corrected chi connectivity index (χ1v) is 7.55. The summed E-state index contributed by atoms with van der Waals surface area (Å²) in [5.41, 5.74) is 0.598. The Balaban J connectivity index is 2.03. The maximum Gasteiger partial charge on any atom is 0.251 e. The van der Waals surface area contributed by atoms with E-state index in [1.807, 2.05) is 6.07 Å². The highest BCUT2D eigenvalue weighted by Crippen LogP contribution is 2.20. The molecule has 0 aromatic heterocycles. The highest BCUT2D eigenvalue weighted by Gasteiger charge is 2.24. The van der Waals surface area contributed by atoms with E-state index < -0.39 is 0 Å². The van der Waals surface area contributed by atoms with Gasteiger partial charge in [-0.25, -0.2) is 0 Å². The molecule has 0 spiro atoms. The summed E-state index contributed by atoms with van der Waals surface area (Å²) in [6, 6.07) is 5.45. The molecule has 1 aromatic carbocycles. The zero-order chi connectivity index (χ0) is 14.0. The number of amides is 2. The first kappa shape index (κ1) is 14.5.